The second-order valence-electron chi connectivity index (χ2n) is 6.45. The van der Waals surface area contributed by atoms with E-state index in [2.05, 4.69) is 27.7 Å². The van der Waals surface area contributed by atoms with Crippen LogP contribution in [0.1, 0.15) is 33.5 Å². The number of carbonyl (C=O) groups excluding carboxylic acids is 1. The number of amides is 1. The van der Waals surface area contributed by atoms with Gasteiger partial charge in [0, 0.05) is 50.4 Å². The lowest BCUT2D eigenvalue weighted by atomic mass is 10.1. The van der Waals surface area contributed by atoms with Gasteiger partial charge in [-0.15, -0.1) is 0 Å². The van der Waals surface area contributed by atoms with Crippen LogP contribution in [0.25, 0.3) is 0 Å². The van der Waals surface area contributed by atoms with Crippen LogP contribution in [0.4, 0.5) is 8.78 Å². The summed E-state index contributed by atoms with van der Waals surface area (Å²) in [5.41, 5.74) is 2.56. The first-order chi connectivity index (χ1) is 12.6. The van der Waals surface area contributed by atoms with Crippen molar-refractivity contribution >= 4 is 5.91 Å². The molecule has 4 nitrogen and oxygen atoms in total. The molecule has 26 heavy (non-hydrogen) atoms. The third-order valence-electron chi connectivity index (χ3n) is 4.52. The van der Waals surface area contributed by atoms with Crippen LogP contribution in [0.15, 0.2) is 48.5 Å². The molecule has 1 heterocycles. The van der Waals surface area contributed by atoms with Crippen molar-refractivity contribution in [2.24, 2.45) is 0 Å². The molecule has 0 atom stereocenters. The van der Waals surface area contributed by atoms with Crippen LogP contribution in [-0.4, -0.2) is 37.0 Å². The lowest BCUT2D eigenvalue weighted by molar-refractivity contribution is 0.0950. The average molecular weight is 359 g/mol. The molecule has 0 radical (unpaired) electrons. The highest BCUT2D eigenvalue weighted by molar-refractivity contribution is 5.94. The molecule has 138 valence electrons. The van der Waals surface area contributed by atoms with Crippen molar-refractivity contribution in [3.05, 3.63) is 70.8 Å². The first-order valence-electron chi connectivity index (χ1n) is 8.79. The molecule has 0 bridgehead atoms. The molecule has 2 aromatic carbocycles. The molecule has 0 unspecified atom stereocenters. The standard InChI is InChI=1S/C20H23F2N3O/c21-19(22)17-5-7-18(8-6-17)20(26)24-13-15-1-3-16(4-2-15)14-25-11-9-23-10-12-25/h1-8,19,23H,9-14H2,(H,24,26). The summed E-state index contributed by atoms with van der Waals surface area (Å²) in [6, 6.07) is 13.6. The van der Waals surface area contributed by atoms with Gasteiger partial charge in [-0.05, 0) is 23.3 Å². The summed E-state index contributed by atoms with van der Waals surface area (Å²) in [5.74, 6) is -0.268. The SMILES string of the molecule is O=C(NCc1ccc(CN2CCNCC2)cc1)c1ccc(C(F)F)cc1. The van der Waals surface area contributed by atoms with E-state index in [9.17, 15) is 13.6 Å². The number of nitrogens with one attached hydrogen (secondary N) is 2. The minimum atomic E-state index is -2.52. The van der Waals surface area contributed by atoms with Crippen LogP contribution >= 0.6 is 0 Å². The molecular weight excluding hydrogens is 336 g/mol. The highest BCUT2D eigenvalue weighted by atomic mass is 19.3. The highest BCUT2D eigenvalue weighted by Gasteiger charge is 2.11. The van der Waals surface area contributed by atoms with Gasteiger partial charge in [0.25, 0.3) is 12.3 Å². The van der Waals surface area contributed by atoms with E-state index in [-0.39, 0.29) is 11.5 Å². The molecule has 2 N–H and O–H groups in total. The zero-order valence-electron chi connectivity index (χ0n) is 14.6. The summed E-state index contributed by atoms with van der Waals surface area (Å²) < 4.78 is 25.1. The fourth-order valence-corrected chi connectivity index (χ4v) is 2.95. The van der Waals surface area contributed by atoms with E-state index in [1.807, 2.05) is 12.1 Å². The van der Waals surface area contributed by atoms with Crippen molar-refractivity contribution in [1.82, 2.24) is 15.5 Å². The fourth-order valence-electron chi connectivity index (χ4n) is 2.95. The predicted octanol–water partition coefficient (Wildman–Crippen LogP) is 2.96. The number of alkyl halides is 2. The monoisotopic (exact) mass is 359 g/mol. The molecule has 0 spiro atoms. The summed E-state index contributed by atoms with van der Waals surface area (Å²) in [4.78, 5) is 14.5. The third kappa shape index (κ3) is 5.09. The predicted molar refractivity (Wildman–Crippen MR) is 97.2 cm³/mol. The Kier molecular flexibility index (Phi) is 6.30. The molecular formula is C20H23F2N3O. The summed E-state index contributed by atoms with van der Waals surface area (Å²) in [6.07, 6.45) is -2.52. The van der Waals surface area contributed by atoms with Gasteiger partial charge in [0.1, 0.15) is 0 Å². The average Bonchev–Trinajstić information content (AvgIpc) is 2.68. The van der Waals surface area contributed by atoms with Gasteiger partial charge in [0.05, 0.1) is 0 Å². The second-order valence-corrected chi connectivity index (χ2v) is 6.45. The molecule has 1 saturated heterocycles. The van der Waals surface area contributed by atoms with Crippen LogP contribution in [0.3, 0.4) is 0 Å². The number of nitrogens with zero attached hydrogens (tertiary/aromatic N) is 1. The van der Waals surface area contributed by atoms with Gasteiger partial charge in [-0.2, -0.15) is 0 Å². The topological polar surface area (TPSA) is 44.4 Å². The molecule has 0 saturated carbocycles. The first kappa shape index (κ1) is 18.5. The fraction of sp³-hybridized carbons (Fsp3) is 0.350. The lowest BCUT2D eigenvalue weighted by Gasteiger charge is -2.27. The van der Waals surface area contributed by atoms with Crippen molar-refractivity contribution in [2.75, 3.05) is 26.2 Å². The lowest BCUT2D eigenvalue weighted by Crippen LogP contribution is -2.42. The van der Waals surface area contributed by atoms with Crippen molar-refractivity contribution in [3.8, 4) is 0 Å². The minimum Gasteiger partial charge on any atom is -0.348 e. The number of rotatable bonds is 6. The van der Waals surface area contributed by atoms with Crippen LogP contribution in [0, 0.1) is 0 Å². The van der Waals surface area contributed by atoms with E-state index in [0.717, 1.165) is 38.3 Å². The maximum atomic E-state index is 12.5. The van der Waals surface area contributed by atoms with Crippen LogP contribution in [-0.2, 0) is 13.1 Å². The molecule has 6 heteroatoms. The van der Waals surface area contributed by atoms with Gasteiger partial charge in [-0.1, -0.05) is 36.4 Å². The number of hydrogen-bond donors (Lipinski definition) is 2. The maximum absolute atomic E-state index is 12.5. The van der Waals surface area contributed by atoms with E-state index in [1.165, 1.54) is 29.8 Å². The molecule has 3 rings (SSSR count). The van der Waals surface area contributed by atoms with Crippen molar-refractivity contribution < 1.29 is 13.6 Å². The van der Waals surface area contributed by atoms with Gasteiger partial charge < -0.3 is 10.6 Å². The normalized spacial score (nSPS) is 15.2. The highest BCUT2D eigenvalue weighted by Crippen LogP contribution is 2.18. The largest absolute Gasteiger partial charge is 0.348 e. The zero-order chi connectivity index (χ0) is 18.4. The maximum Gasteiger partial charge on any atom is 0.263 e. The molecule has 1 aliphatic heterocycles. The van der Waals surface area contributed by atoms with Gasteiger partial charge in [0.15, 0.2) is 0 Å². The Bertz CT molecular complexity index is 711. The van der Waals surface area contributed by atoms with E-state index in [0.29, 0.717) is 12.1 Å². The molecule has 1 aliphatic rings. The molecule has 2 aromatic rings. The van der Waals surface area contributed by atoms with Crippen molar-refractivity contribution in [3.63, 3.8) is 0 Å². The number of piperazine rings is 1. The minimum absolute atomic E-state index is 0.0818. The van der Waals surface area contributed by atoms with Gasteiger partial charge in [0.2, 0.25) is 0 Å². The molecule has 1 fully saturated rings. The van der Waals surface area contributed by atoms with E-state index >= 15 is 0 Å². The third-order valence-corrected chi connectivity index (χ3v) is 4.52. The first-order valence-corrected chi connectivity index (χ1v) is 8.79. The van der Waals surface area contributed by atoms with Gasteiger partial charge in [-0.3, -0.25) is 9.69 Å². The van der Waals surface area contributed by atoms with Crippen LogP contribution in [0.5, 0.6) is 0 Å². The Balaban J connectivity index is 1.50. The summed E-state index contributed by atoms with van der Waals surface area (Å²) in [5, 5.41) is 6.16. The van der Waals surface area contributed by atoms with Gasteiger partial charge in [-0.25, -0.2) is 8.78 Å². The van der Waals surface area contributed by atoms with E-state index < -0.39 is 6.43 Å². The van der Waals surface area contributed by atoms with Crippen molar-refractivity contribution in [1.29, 1.82) is 0 Å². The Morgan fingerprint density at radius 2 is 1.62 bits per heavy atom. The molecule has 0 aromatic heterocycles. The van der Waals surface area contributed by atoms with Crippen LogP contribution < -0.4 is 10.6 Å². The number of hydrogen-bond acceptors (Lipinski definition) is 3. The number of benzene rings is 2. The van der Waals surface area contributed by atoms with E-state index in [4.69, 9.17) is 0 Å². The summed E-state index contributed by atoms with van der Waals surface area (Å²) in [7, 11) is 0. The Hall–Kier alpha value is -2.31. The zero-order valence-corrected chi connectivity index (χ0v) is 14.6. The quantitative estimate of drug-likeness (QED) is 0.834. The Labute approximate surface area is 152 Å². The summed E-state index contributed by atoms with van der Waals surface area (Å²) in [6.45, 7) is 5.52. The number of halogens is 2. The van der Waals surface area contributed by atoms with Crippen molar-refractivity contribution in [2.45, 2.75) is 19.5 Å². The second kappa shape index (κ2) is 8.87. The Morgan fingerprint density at radius 3 is 2.23 bits per heavy atom. The summed E-state index contributed by atoms with van der Waals surface area (Å²) >= 11 is 0. The van der Waals surface area contributed by atoms with E-state index in [1.54, 1.807) is 0 Å². The molecule has 1 amide bonds. The smallest absolute Gasteiger partial charge is 0.263 e. The molecule has 0 aliphatic carbocycles. The Morgan fingerprint density at radius 1 is 1.00 bits per heavy atom. The van der Waals surface area contributed by atoms with Gasteiger partial charge >= 0.3 is 0 Å². The van der Waals surface area contributed by atoms with Crippen LogP contribution in [0.2, 0.25) is 0 Å². The number of carbonyl (C=O) groups is 1.